The fraction of sp³-hybridized carbons (Fsp3) is 0.941. The number of amides is 2. The zero-order chi connectivity index (χ0) is 15.7. The van der Waals surface area contributed by atoms with E-state index in [0.29, 0.717) is 6.04 Å². The summed E-state index contributed by atoms with van der Waals surface area (Å²) in [6, 6.07) is 0.626. The first-order chi connectivity index (χ1) is 9.65. The third-order valence-corrected chi connectivity index (χ3v) is 4.80. The molecule has 21 heavy (non-hydrogen) atoms. The number of hydrogen-bond donors (Lipinski definition) is 3. The topological polar surface area (TPSA) is 53.2 Å². The number of hydrogen-bond acceptors (Lipinski definition) is 2. The van der Waals surface area contributed by atoms with Gasteiger partial charge in [-0.3, -0.25) is 0 Å². The smallest absolute Gasteiger partial charge is 0.315 e. The monoisotopic (exact) mass is 295 g/mol. The second-order valence-corrected chi connectivity index (χ2v) is 8.58. The highest BCUT2D eigenvalue weighted by Crippen LogP contribution is 2.28. The maximum absolute atomic E-state index is 12.3. The van der Waals surface area contributed by atoms with Crippen molar-refractivity contribution in [2.75, 3.05) is 0 Å². The van der Waals surface area contributed by atoms with E-state index in [-0.39, 0.29) is 23.2 Å². The molecule has 4 heteroatoms. The van der Waals surface area contributed by atoms with Crippen molar-refractivity contribution in [1.29, 1.82) is 0 Å². The molecular formula is C17H33N3O. The summed E-state index contributed by atoms with van der Waals surface area (Å²) in [6.45, 7) is 11.1. The molecular weight excluding hydrogens is 262 g/mol. The molecule has 2 amide bonds. The molecule has 2 aliphatic rings. The van der Waals surface area contributed by atoms with Gasteiger partial charge in [-0.05, 0) is 59.3 Å². The van der Waals surface area contributed by atoms with E-state index in [1.165, 1.54) is 12.8 Å². The highest BCUT2D eigenvalue weighted by Gasteiger charge is 2.38. The second-order valence-electron chi connectivity index (χ2n) is 8.58. The lowest BCUT2D eigenvalue weighted by Crippen LogP contribution is -2.63. The van der Waals surface area contributed by atoms with E-state index in [2.05, 4.69) is 50.6 Å². The van der Waals surface area contributed by atoms with E-state index in [9.17, 15) is 4.79 Å². The van der Waals surface area contributed by atoms with E-state index in [1.807, 2.05) is 0 Å². The van der Waals surface area contributed by atoms with Crippen molar-refractivity contribution in [2.45, 2.75) is 96.3 Å². The van der Waals surface area contributed by atoms with Gasteiger partial charge in [0.15, 0.2) is 0 Å². The molecule has 0 aromatic rings. The summed E-state index contributed by atoms with van der Waals surface area (Å²) in [7, 11) is 0. The first kappa shape index (κ1) is 16.6. The molecule has 1 saturated carbocycles. The first-order valence-electron chi connectivity index (χ1n) is 8.52. The van der Waals surface area contributed by atoms with Crippen molar-refractivity contribution in [3.8, 4) is 0 Å². The SMILES string of the molecule is C[C@@H]1CCC[C@@H](NC(=O)NC2CC(C)(C)NC(C)(C)C2)C1. The largest absolute Gasteiger partial charge is 0.335 e. The zero-order valence-corrected chi connectivity index (χ0v) is 14.4. The minimum atomic E-state index is 0.0209. The van der Waals surface area contributed by atoms with Gasteiger partial charge in [0.2, 0.25) is 0 Å². The Morgan fingerprint density at radius 1 is 1.00 bits per heavy atom. The van der Waals surface area contributed by atoms with Gasteiger partial charge in [-0.15, -0.1) is 0 Å². The van der Waals surface area contributed by atoms with Gasteiger partial charge in [-0.2, -0.15) is 0 Å². The normalized spacial score (nSPS) is 32.4. The van der Waals surface area contributed by atoms with Crippen molar-refractivity contribution in [2.24, 2.45) is 5.92 Å². The number of piperidine rings is 1. The van der Waals surface area contributed by atoms with Gasteiger partial charge < -0.3 is 16.0 Å². The number of carbonyl (C=O) groups excluding carboxylic acids is 1. The molecule has 0 bridgehead atoms. The van der Waals surface area contributed by atoms with Crippen LogP contribution in [-0.4, -0.2) is 29.2 Å². The van der Waals surface area contributed by atoms with Crippen molar-refractivity contribution in [3.63, 3.8) is 0 Å². The van der Waals surface area contributed by atoms with E-state index < -0.39 is 0 Å². The summed E-state index contributed by atoms with van der Waals surface area (Å²) >= 11 is 0. The summed E-state index contributed by atoms with van der Waals surface area (Å²) in [4.78, 5) is 12.3. The molecule has 0 radical (unpaired) electrons. The maximum atomic E-state index is 12.3. The van der Waals surface area contributed by atoms with Crippen LogP contribution < -0.4 is 16.0 Å². The van der Waals surface area contributed by atoms with Gasteiger partial charge in [0.25, 0.3) is 0 Å². The molecule has 122 valence electrons. The molecule has 4 nitrogen and oxygen atoms in total. The Labute approximate surface area is 129 Å². The fourth-order valence-corrected chi connectivity index (χ4v) is 4.40. The Hall–Kier alpha value is -0.770. The maximum Gasteiger partial charge on any atom is 0.315 e. The predicted octanol–water partition coefficient (Wildman–Crippen LogP) is 3.17. The third-order valence-electron chi connectivity index (χ3n) is 4.80. The molecule has 2 rings (SSSR count). The molecule has 1 heterocycles. The van der Waals surface area contributed by atoms with Crippen LogP contribution in [0.1, 0.15) is 73.1 Å². The van der Waals surface area contributed by atoms with Crippen LogP contribution in [0.5, 0.6) is 0 Å². The van der Waals surface area contributed by atoms with Crippen molar-refractivity contribution >= 4 is 6.03 Å². The lowest BCUT2D eigenvalue weighted by atomic mass is 9.79. The molecule has 1 saturated heterocycles. The molecule has 2 atom stereocenters. The molecule has 1 aliphatic heterocycles. The van der Waals surface area contributed by atoms with E-state index in [0.717, 1.165) is 31.6 Å². The van der Waals surface area contributed by atoms with Crippen LogP contribution in [0.25, 0.3) is 0 Å². The minimum absolute atomic E-state index is 0.0209. The average Bonchev–Trinajstić information content (AvgIpc) is 2.23. The van der Waals surface area contributed by atoms with E-state index >= 15 is 0 Å². The summed E-state index contributed by atoms with van der Waals surface area (Å²) in [5, 5.41) is 10.0. The van der Waals surface area contributed by atoms with Crippen LogP contribution in [0, 0.1) is 5.92 Å². The first-order valence-corrected chi connectivity index (χ1v) is 8.52. The number of nitrogens with one attached hydrogen (secondary N) is 3. The van der Waals surface area contributed by atoms with Gasteiger partial charge in [0.05, 0.1) is 0 Å². The van der Waals surface area contributed by atoms with E-state index in [4.69, 9.17) is 0 Å². The standard InChI is InChI=1S/C17H33N3O/c1-12-7-6-8-13(9-12)18-15(21)19-14-10-16(2,3)20-17(4,5)11-14/h12-14,20H,6-11H2,1-5H3,(H2,18,19,21)/t12-,13-/m1/s1. The van der Waals surface area contributed by atoms with Gasteiger partial charge >= 0.3 is 6.03 Å². The predicted molar refractivity (Wildman–Crippen MR) is 87.4 cm³/mol. The Morgan fingerprint density at radius 2 is 1.57 bits per heavy atom. The molecule has 0 spiro atoms. The fourth-order valence-electron chi connectivity index (χ4n) is 4.40. The Kier molecular flexibility index (Phi) is 4.86. The van der Waals surface area contributed by atoms with Crippen LogP contribution in [0.15, 0.2) is 0 Å². The van der Waals surface area contributed by atoms with Gasteiger partial charge in [-0.25, -0.2) is 4.79 Å². The van der Waals surface area contributed by atoms with Crippen molar-refractivity contribution in [1.82, 2.24) is 16.0 Å². The third kappa shape index (κ3) is 5.17. The lowest BCUT2D eigenvalue weighted by molar-refractivity contribution is 0.146. The molecule has 0 aromatic carbocycles. The van der Waals surface area contributed by atoms with Crippen molar-refractivity contribution in [3.05, 3.63) is 0 Å². The summed E-state index contributed by atoms with van der Waals surface area (Å²) < 4.78 is 0. The number of rotatable bonds is 2. The molecule has 1 aliphatic carbocycles. The van der Waals surface area contributed by atoms with Gasteiger partial charge in [0.1, 0.15) is 0 Å². The quantitative estimate of drug-likeness (QED) is 0.733. The van der Waals surface area contributed by atoms with Crippen LogP contribution in [0.4, 0.5) is 4.79 Å². The second kappa shape index (κ2) is 6.15. The Bertz CT molecular complexity index is 362. The van der Waals surface area contributed by atoms with Crippen LogP contribution >= 0.6 is 0 Å². The highest BCUT2D eigenvalue weighted by atomic mass is 16.2. The Morgan fingerprint density at radius 3 is 2.14 bits per heavy atom. The van der Waals surface area contributed by atoms with E-state index in [1.54, 1.807) is 0 Å². The van der Waals surface area contributed by atoms with Crippen LogP contribution in [0.3, 0.4) is 0 Å². The molecule has 0 unspecified atom stereocenters. The van der Waals surface area contributed by atoms with Crippen molar-refractivity contribution < 1.29 is 4.79 Å². The molecule has 3 N–H and O–H groups in total. The van der Waals surface area contributed by atoms with Gasteiger partial charge in [-0.1, -0.05) is 19.8 Å². The van der Waals surface area contributed by atoms with Gasteiger partial charge in [0, 0.05) is 23.2 Å². The van der Waals surface area contributed by atoms with Crippen LogP contribution in [0.2, 0.25) is 0 Å². The zero-order valence-electron chi connectivity index (χ0n) is 14.4. The number of carbonyl (C=O) groups is 1. The minimum Gasteiger partial charge on any atom is -0.335 e. The lowest BCUT2D eigenvalue weighted by Gasteiger charge is -2.46. The summed E-state index contributed by atoms with van der Waals surface area (Å²) in [5.41, 5.74) is 0.137. The average molecular weight is 295 g/mol. The summed E-state index contributed by atoms with van der Waals surface area (Å²) in [5.74, 6) is 0.737. The molecule has 0 aromatic heterocycles. The summed E-state index contributed by atoms with van der Waals surface area (Å²) in [6.07, 6.45) is 6.74. The van der Waals surface area contributed by atoms with Crippen LogP contribution in [-0.2, 0) is 0 Å². The Balaban J connectivity index is 1.84. The number of urea groups is 1. The highest BCUT2D eigenvalue weighted by molar-refractivity contribution is 5.74. The molecule has 2 fully saturated rings.